The van der Waals surface area contributed by atoms with Crippen molar-refractivity contribution in [3.05, 3.63) is 46.0 Å². The third-order valence-electron chi connectivity index (χ3n) is 5.46. The molecule has 0 atom stereocenters. The average Bonchev–Trinajstić information content (AvgIpc) is 3.34. The van der Waals surface area contributed by atoms with Crippen LogP contribution in [0.5, 0.6) is 5.75 Å². The molecule has 0 radical (unpaired) electrons. The Balaban J connectivity index is 1.66. The van der Waals surface area contributed by atoms with Gasteiger partial charge < -0.3 is 19.2 Å². The first kappa shape index (κ1) is 21.4. The third-order valence-corrected chi connectivity index (χ3v) is 6.60. The van der Waals surface area contributed by atoms with Crippen LogP contribution in [0.25, 0.3) is 11.0 Å². The van der Waals surface area contributed by atoms with Gasteiger partial charge in [0.15, 0.2) is 17.1 Å². The van der Waals surface area contributed by atoms with E-state index in [1.807, 2.05) is 19.1 Å². The lowest BCUT2D eigenvalue weighted by atomic mass is 10.0. The van der Waals surface area contributed by atoms with Gasteiger partial charge in [-0.05, 0) is 44.9 Å². The molecule has 3 aromatic rings. The maximum absolute atomic E-state index is 13.0. The van der Waals surface area contributed by atoms with Crippen molar-refractivity contribution in [2.24, 2.45) is 0 Å². The summed E-state index contributed by atoms with van der Waals surface area (Å²) in [7, 11) is 1.36. The van der Waals surface area contributed by atoms with Gasteiger partial charge in [-0.25, -0.2) is 4.79 Å². The molecule has 1 amide bonds. The van der Waals surface area contributed by atoms with E-state index in [-0.39, 0.29) is 5.76 Å². The van der Waals surface area contributed by atoms with Crippen molar-refractivity contribution in [1.29, 1.82) is 0 Å². The van der Waals surface area contributed by atoms with Gasteiger partial charge >= 0.3 is 5.97 Å². The van der Waals surface area contributed by atoms with Gasteiger partial charge in [0.25, 0.3) is 5.91 Å². The van der Waals surface area contributed by atoms with Gasteiger partial charge in [-0.15, -0.1) is 11.3 Å². The Kier molecular flexibility index (Phi) is 6.02. The molecule has 7 nitrogen and oxygen atoms in total. The SMILES string of the molecule is CCOc1cccc2cc(C(=O)Nc3sc4c(c3C(=O)OC)CCN(C(C)C)C4)oc12. The number of ether oxygens (including phenoxy) is 2. The fourth-order valence-corrected chi connectivity index (χ4v) is 5.11. The van der Waals surface area contributed by atoms with E-state index in [1.54, 1.807) is 12.1 Å². The molecule has 31 heavy (non-hydrogen) atoms. The number of carbonyl (C=O) groups is 2. The molecule has 0 spiro atoms. The van der Waals surface area contributed by atoms with E-state index in [0.717, 1.165) is 35.3 Å². The monoisotopic (exact) mass is 442 g/mol. The van der Waals surface area contributed by atoms with Crippen LogP contribution in [0.2, 0.25) is 0 Å². The maximum Gasteiger partial charge on any atom is 0.341 e. The zero-order valence-corrected chi connectivity index (χ0v) is 18.9. The van der Waals surface area contributed by atoms with E-state index in [9.17, 15) is 9.59 Å². The molecule has 4 rings (SSSR count). The fraction of sp³-hybridized carbons (Fsp3) is 0.391. The lowest BCUT2D eigenvalue weighted by Gasteiger charge is -2.30. The standard InChI is InChI=1S/C23H26N2O5S/c1-5-29-16-8-6-7-14-11-17(30-20(14)16)21(26)24-22-19(23(27)28-4)15-9-10-25(13(2)3)12-18(15)31-22/h6-8,11,13H,5,9-10,12H2,1-4H3,(H,24,26). The van der Waals surface area contributed by atoms with Gasteiger partial charge in [0, 0.05) is 29.4 Å². The van der Waals surface area contributed by atoms with Gasteiger partial charge in [0.2, 0.25) is 0 Å². The summed E-state index contributed by atoms with van der Waals surface area (Å²) in [5, 5.41) is 4.16. The Morgan fingerprint density at radius 2 is 2.13 bits per heavy atom. The van der Waals surface area contributed by atoms with E-state index >= 15 is 0 Å². The summed E-state index contributed by atoms with van der Waals surface area (Å²) in [6.07, 6.45) is 0.743. The van der Waals surface area contributed by atoms with Crippen molar-refractivity contribution in [2.45, 2.75) is 39.8 Å². The molecule has 0 aliphatic carbocycles. The highest BCUT2D eigenvalue weighted by atomic mass is 32.1. The second kappa shape index (κ2) is 8.72. The summed E-state index contributed by atoms with van der Waals surface area (Å²) in [4.78, 5) is 29.0. The molecule has 0 saturated carbocycles. The lowest BCUT2D eigenvalue weighted by Crippen LogP contribution is -2.35. The first-order valence-corrected chi connectivity index (χ1v) is 11.2. The molecular weight excluding hydrogens is 416 g/mol. The Morgan fingerprint density at radius 1 is 1.32 bits per heavy atom. The van der Waals surface area contributed by atoms with E-state index in [2.05, 4.69) is 24.1 Å². The van der Waals surface area contributed by atoms with Crippen LogP contribution in [0.3, 0.4) is 0 Å². The van der Waals surface area contributed by atoms with Crippen molar-refractivity contribution in [1.82, 2.24) is 4.90 Å². The van der Waals surface area contributed by atoms with Crippen molar-refractivity contribution in [2.75, 3.05) is 25.6 Å². The Morgan fingerprint density at radius 3 is 2.84 bits per heavy atom. The molecule has 0 fully saturated rings. The summed E-state index contributed by atoms with van der Waals surface area (Å²) in [6.45, 7) is 8.31. The van der Waals surface area contributed by atoms with E-state index in [4.69, 9.17) is 13.9 Å². The quantitative estimate of drug-likeness (QED) is 0.558. The molecule has 1 N–H and O–H groups in total. The molecule has 8 heteroatoms. The predicted octanol–water partition coefficient (Wildman–Crippen LogP) is 4.70. The first-order valence-electron chi connectivity index (χ1n) is 10.4. The number of furan rings is 1. The number of carbonyl (C=O) groups excluding carboxylic acids is 2. The number of hydrogen-bond acceptors (Lipinski definition) is 7. The highest BCUT2D eigenvalue weighted by Crippen LogP contribution is 2.38. The van der Waals surface area contributed by atoms with Gasteiger partial charge in [-0.3, -0.25) is 9.69 Å². The van der Waals surface area contributed by atoms with E-state index in [1.165, 1.54) is 18.4 Å². The van der Waals surface area contributed by atoms with Crippen LogP contribution in [0.4, 0.5) is 5.00 Å². The summed E-state index contributed by atoms with van der Waals surface area (Å²) in [5.74, 6) is -0.0973. The van der Waals surface area contributed by atoms with Gasteiger partial charge in [-0.1, -0.05) is 12.1 Å². The molecular formula is C23H26N2O5S. The molecule has 0 bridgehead atoms. The predicted molar refractivity (Wildman–Crippen MR) is 120 cm³/mol. The van der Waals surface area contributed by atoms with Crippen LogP contribution >= 0.6 is 11.3 Å². The van der Waals surface area contributed by atoms with Crippen LogP contribution in [-0.4, -0.2) is 43.1 Å². The molecule has 1 aromatic carbocycles. The Hall–Kier alpha value is -2.84. The fourth-order valence-electron chi connectivity index (χ4n) is 3.85. The highest BCUT2D eigenvalue weighted by molar-refractivity contribution is 7.17. The first-order chi connectivity index (χ1) is 14.9. The minimum Gasteiger partial charge on any atom is -0.490 e. The smallest absolute Gasteiger partial charge is 0.341 e. The molecule has 0 unspecified atom stereocenters. The zero-order chi connectivity index (χ0) is 22.1. The topological polar surface area (TPSA) is 81.0 Å². The van der Waals surface area contributed by atoms with Crippen LogP contribution in [0.15, 0.2) is 28.7 Å². The number of amides is 1. The van der Waals surface area contributed by atoms with Crippen molar-refractivity contribution in [3.8, 4) is 5.75 Å². The van der Waals surface area contributed by atoms with E-state index < -0.39 is 11.9 Å². The van der Waals surface area contributed by atoms with Gasteiger partial charge in [0.05, 0.1) is 19.3 Å². The number of nitrogens with zero attached hydrogens (tertiary/aromatic N) is 1. The molecule has 1 aliphatic heterocycles. The van der Waals surface area contributed by atoms with Crippen LogP contribution in [-0.2, 0) is 17.7 Å². The lowest BCUT2D eigenvalue weighted by molar-refractivity contribution is 0.0600. The van der Waals surface area contributed by atoms with Gasteiger partial charge in [-0.2, -0.15) is 0 Å². The number of rotatable bonds is 6. The second-order valence-electron chi connectivity index (χ2n) is 7.69. The number of anilines is 1. The number of esters is 1. The number of benzene rings is 1. The Labute approximate surface area is 184 Å². The zero-order valence-electron chi connectivity index (χ0n) is 18.1. The summed E-state index contributed by atoms with van der Waals surface area (Å²) >= 11 is 1.43. The number of methoxy groups -OCH3 is 1. The van der Waals surface area contributed by atoms with Crippen molar-refractivity contribution < 1.29 is 23.5 Å². The maximum atomic E-state index is 13.0. The van der Waals surface area contributed by atoms with Gasteiger partial charge in [0.1, 0.15) is 5.00 Å². The minimum absolute atomic E-state index is 0.160. The minimum atomic E-state index is -0.436. The van der Waals surface area contributed by atoms with Crippen LogP contribution in [0.1, 0.15) is 52.1 Å². The second-order valence-corrected chi connectivity index (χ2v) is 8.79. The number of thiophene rings is 1. The third kappa shape index (κ3) is 4.05. The molecule has 2 aromatic heterocycles. The highest BCUT2D eigenvalue weighted by Gasteiger charge is 2.30. The summed E-state index contributed by atoms with van der Waals surface area (Å²) in [5.41, 5.74) is 1.94. The average molecular weight is 443 g/mol. The molecule has 3 heterocycles. The number of para-hydroxylation sites is 1. The normalized spacial score (nSPS) is 14.0. The number of hydrogen-bond donors (Lipinski definition) is 1. The van der Waals surface area contributed by atoms with E-state index in [0.29, 0.717) is 34.5 Å². The Bertz CT molecular complexity index is 1130. The largest absolute Gasteiger partial charge is 0.490 e. The number of nitrogens with one attached hydrogen (secondary N) is 1. The van der Waals surface area contributed by atoms with Crippen LogP contribution < -0.4 is 10.1 Å². The molecule has 0 saturated heterocycles. The molecule has 164 valence electrons. The van der Waals surface area contributed by atoms with Crippen LogP contribution in [0, 0.1) is 0 Å². The number of fused-ring (bicyclic) bond motifs is 2. The summed E-state index contributed by atoms with van der Waals surface area (Å²) < 4.78 is 16.4. The van der Waals surface area contributed by atoms with Crippen molar-refractivity contribution >= 4 is 39.2 Å². The van der Waals surface area contributed by atoms with Crippen molar-refractivity contribution in [3.63, 3.8) is 0 Å². The molecule has 1 aliphatic rings. The summed E-state index contributed by atoms with van der Waals surface area (Å²) in [6, 6.07) is 7.61.